The zero-order chi connectivity index (χ0) is 16.8. The van der Waals surface area contributed by atoms with E-state index in [0.717, 1.165) is 11.3 Å². The Morgan fingerprint density at radius 2 is 1.71 bits per heavy atom. The van der Waals surface area contributed by atoms with E-state index < -0.39 is 0 Å². The van der Waals surface area contributed by atoms with Gasteiger partial charge in [-0.2, -0.15) is 0 Å². The lowest BCUT2D eigenvalue weighted by molar-refractivity contribution is -0.143. The molecule has 1 aliphatic heterocycles. The van der Waals surface area contributed by atoms with Crippen LogP contribution in [0.4, 0.5) is 5.69 Å². The van der Waals surface area contributed by atoms with Crippen LogP contribution < -0.4 is 10.1 Å². The number of methoxy groups -OCH3 is 1. The van der Waals surface area contributed by atoms with E-state index in [1.54, 1.807) is 31.4 Å². The van der Waals surface area contributed by atoms with Crippen molar-refractivity contribution in [3.8, 4) is 5.75 Å². The number of carbonyl (C=O) groups excluding carboxylic acids is 3. The van der Waals surface area contributed by atoms with Crippen molar-refractivity contribution in [2.75, 3.05) is 19.0 Å². The van der Waals surface area contributed by atoms with Gasteiger partial charge in [0.05, 0.1) is 18.9 Å². The van der Waals surface area contributed by atoms with Gasteiger partial charge in [-0.15, -0.1) is 0 Å². The maximum Gasteiger partial charge on any atom is 0.244 e. The molecular weight excluding hydrogens is 308 g/mol. The van der Waals surface area contributed by atoms with Crippen LogP contribution in [0.15, 0.2) is 36.4 Å². The van der Waals surface area contributed by atoms with E-state index >= 15 is 0 Å². The Bertz CT molecular complexity index is 710. The summed E-state index contributed by atoms with van der Waals surface area (Å²) in [5.41, 5.74) is 0.599. The minimum absolute atomic E-state index is 0.158. The number of hydrogen-bond donors (Lipinski definition) is 1. The molecule has 6 heteroatoms. The summed E-state index contributed by atoms with van der Waals surface area (Å²) in [7, 11) is 1.57. The first-order chi connectivity index (χ1) is 11.6. The van der Waals surface area contributed by atoms with Gasteiger partial charge in [0.15, 0.2) is 0 Å². The lowest BCUT2D eigenvalue weighted by atomic mass is 9.85. The predicted octanol–water partition coefficient (Wildman–Crippen LogP) is 1.44. The molecule has 1 N–H and O–H groups in total. The Balaban J connectivity index is 1.43. The summed E-state index contributed by atoms with van der Waals surface area (Å²) in [5.74, 6) is -0.297. The number of benzene rings is 1. The van der Waals surface area contributed by atoms with Gasteiger partial charge in [-0.1, -0.05) is 12.2 Å². The minimum atomic E-state index is -0.373. The summed E-state index contributed by atoms with van der Waals surface area (Å²) in [4.78, 5) is 38.4. The first kappa shape index (κ1) is 14.9. The highest BCUT2D eigenvalue weighted by molar-refractivity contribution is 6.09. The highest BCUT2D eigenvalue weighted by atomic mass is 16.5. The number of imide groups is 1. The number of likely N-dealkylation sites (tertiary alicyclic amines) is 1. The lowest BCUT2D eigenvalue weighted by Crippen LogP contribution is -2.39. The third kappa shape index (κ3) is 2.21. The number of rotatable bonds is 4. The first-order valence-corrected chi connectivity index (χ1v) is 8.06. The van der Waals surface area contributed by atoms with E-state index in [9.17, 15) is 14.4 Å². The average molecular weight is 326 g/mol. The first-order valence-electron chi connectivity index (χ1n) is 8.06. The van der Waals surface area contributed by atoms with Gasteiger partial charge in [0, 0.05) is 5.69 Å². The van der Waals surface area contributed by atoms with E-state index in [1.807, 2.05) is 12.2 Å². The zero-order valence-corrected chi connectivity index (χ0v) is 13.3. The van der Waals surface area contributed by atoms with Gasteiger partial charge in [-0.3, -0.25) is 19.3 Å². The molecule has 0 radical (unpaired) electrons. The topological polar surface area (TPSA) is 75.7 Å². The third-order valence-corrected chi connectivity index (χ3v) is 5.24. The average Bonchev–Trinajstić information content (AvgIpc) is 3.25. The smallest absolute Gasteiger partial charge is 0.244 e. The molecule has 1 saturated carbocycles. The van der Waals surface area contributed by atoms with Crippen LogP contribution >= 0.6 is 0 Å². The van der Waals surface area contributed by atoms with Crippen molar-refractivity contribution in [3.05, 3.63) is 36.4 Å². The monoisotopic (exact) mass is 326 g/mol. The Kier molecular flexibility index (Phi) is 3.40. The molecular formula is C18H18N2O4. The van der Waals surface area contributed by atoms with Crippen molar-refractivity contribution in [2.45, 2.75) is 6.42 Å². The van der Waals surface area contributed by atoms with Crippen LogP contribution in [-0.4, -0.2) is 36.3 Å². The van der Waals surface area contributed by atoms with Crippen molar-refractivity contribution >= 4 is 23.4 Å². The van der Waals surface area contributed by atoms with Crippen LogP contribution in [0, 0.1) is 23.7 Å². The summed E-state index contributed by atoms with van der Waals surface area (Å²) in [6.07, 6.45) is 4.97. The predicted molar refractivity (Wildman–Crippen MR) is 86.1 cm³/mol. The number of anilines is 1. The third-order valence-electron chi connectivity index (χ3n) is 5.24. The van der Waals surface area contributed by atoms with E-state index in [1.165, 1.54) is 0 Å². The molecule has 4 atom stereocenters. The van der Waals surface area contributed by atoms with Gasteiger partial charge >= 0.3 is 0 Å². The molecule has 3 aliphatic rings. The van der Waals surface area contributed by atoms with Gasteiger partial charge in [-0.25, -0.2) is 0 Å². The van der Waals surface area contributed by atoms with Crippen molar-refractivity contribution in [1.82, 2.24) is 4.90 Å². The zero-order valence-electron chi connectivity index (χ0n) is 13.3. The quantitative estimate of drug-likeness (QED) is 0.671. The van der Waals surface area contributed by atoms with Gasteiger partial charge in [0.1, 0.15) is 12.3 Å². The minimum Gasteiger partial charge on any atom is -0.497 e. The molecule has 4 rings (SSSR count). The normalized spacial score (nSPS) is 30.0. The van der Waals surface area contributed by atoms with Crippen LogP contribution in [0.5, 0.6) is 5.75 Å². The van der Waals surface area contributed by atoms with Crippen molar-refractivity contribution in [1.29, 1.82) is 0 Å². The maximum absolute atomic E-state index is 12.5. The molecule has 3 amide bonds. The summed E-state index contributed by atoms with van der Waals surface area (Å²) in [6, 6.07) is 6.89. The van der Waals surface area contributed by atoms with Crippen LogP contribution in [-0.2, 0) is 14.4 Å². The molecule has 1 saturated heterocycles. The second kappa shape index (κ2) is 5.47. The molecule has 6 nitrogen and oxygen atoms in total. The number of amides is 3. The fraction of sp³-hybridized carbons (Fsp3) is 0.389. The Labute approximate surface area is 139 Å². The van der Waals surface area contributed by atoms with Crippen LogP contribution in [0.3, 0.4) is 0 Å². The van der Waals surface area contributed by atoms with E-state index in [-0.39, 0.29) is 47.9 Å². The number of nitrogens with one attached hydrogen (secondary N) is 1. The maximum atomic E-state index is 12.5. The highest BCUT2D eigenvalue weighted by Gasteiger charge is 2.59. The number of nitrogens with zero attached hydrogens (tertiary/aromatic N) is 1. The number of carbonyl (C=O) groups is 3. The SMILES string of the molecule is COc1ccc(NC(=O)CN2C(=O)[C@H]3[C@H](C2=O)[C@H]2C=C[C@H]3C2)cc1. The molecule has 0 unspecified atom stereocenters. The second-order valence-electron chi connectivity index (χ2n) is 6.54. The number of ether oxygens (including phenoxy) is 1. The molecule has 2 fully saturated rings. The lowest BCUT2D eigenvalue weighted by Gasteiger charge is -2.16. The van der Waals surface area contributed by atoms with E-state index in [0.29, 0.717) is 11.4 Å². The Morgan fingerprint density at radius 1 is 1.12 bits per heavy atom. The van der Waals surface area contributed by atoms with Crippen molar-refractivity contribution in [3.63, 3.8) is 0 Å². The fourth-order valence-corrected chi connectivity index (χ4v) is 4.14. The number of hydrogen-bond acceptors (Lipinski definition) is 4. The summed E-state index contributed by atoms with van der Waals surface area (Å²) in [6.45, 7) is -0.226. The van der Waals surface area contributed by atoms with Crippen LogP contribution in [0.25, 0.3) is 0 Å². The molecule has 0 spiro atoms. The van der Waals surface area contributed by atoms with Crippen LogP contribution in [0.1, 0.15) is 6.42 Å². The van der Waals surface area contributed by atoms with Gasteiger partial charge in [0.2, 0.25) is 17.7 Å². The summed E-state index contributed by atoms with van der Waals surface area (Å²) in [5, 5.41) is 2.71. The summed E-state index contributed by atoms with van der Waals surface area (Å²) >= 11 is 0. The van der Waals surface area contributed by atoms with E-state index in [4.69, 9.17) is 4.74 Å². The molecule has 0 aromatic heterocycles. The fourth-order valence-electron chi connectivity index (χ4n) is 4.14. The Hall–Kier alpha value is -2.63. The molecule has 1 aromatic rings. The summed E-state index contributed by atoms with van der Waals surface area (Å²) < 4.78 is 5.06. The van der Waals surface area contributed by atoms with Crippen molar-refractivity contribution < 1.29 is 19.1 Å². The molecule has 2 aliphatic carbocycles. The molecule has 124 valence electrons. The van der Waals surface area contributed by atoms with Gasteiger partial charge in [0.25, 0.3) is 0 Å². The highest BCUT2D eigenvalue weighted by Crippen LogP contribution is 2.52. The van der Waals surface area contributed by atoms with Gasteiger partial charge in [-0.05, 0) is 42.5 Å². The van der Waals surface area contributed by atoms with Gasteiger partial charge < -0.3 is 10.1 Å². The largest absolute Gasteiger partial charge is 0.497 e. The molecule has 1 aromatic carbocycles. The standard InChI is InChI=1S/C18H18N2O4/c1-24-13-6-4-12(5-7-13)19-14(21)9-20-17(22)15-10-2-3-11(8-10)16(15)18(20)23/h2-7,10-11,15-16H,8-9H2,1H3,(H,19,21)/t10-,11-,15+,16+/m0/s1. The molecule has 2 bridgehead atoms. The number of allylic oxidation sites excluding steroid dienone is 2. The molecule has 24 heavy (non-hydrogen) atoms. The Morgan fingerprint density at radius 3 is 2.25 bits per heavy atom. The van der Waals surface area contributed by atoms with E-state index in [2.05, 4.69) is 5.32 Å². The van der Waals surface area contributed by atoms with Crippen molar-refractivity contribution in [2.24, 2.45) is 23.7 Å². The van der Waals surface area contributed by atoms with Crippen LogP contribution in [0.2, 0.25) is 0 Å². The molecule has 1 heterocycles. The number of fused-ring (bicyclic) bond motifs is 5. The second-order valence-corrected chi connectivity index (χ2v) is 6.54.